The zero-order valence-corrected chi connectivity index (χ0v) is 17.0. The summed E-state index contributed by atoms with van der Waals surface area (Å²) in [5.41, 5.74) is 4.14. The number of aromatic amines is 1. The van der Waals surface area contributed by atoms with Gasteiger partial charge in [-0.15, -0.1) is 0 Å². The molecule has 2 heterocycles. The Labute approximate surface area is 165 Å². The Hall–Kier alpha value is -2.86. The molecule has 0 aliphatic carbocycles. The van der Waals surface area contributed by atoms with Crippen molar-refractivity contribution in [3.8, 4) is 0 Å². The fourth-order valence-electron chi connectivity index (χ4n) is 3.80. The third kappa shape index (κ3) is 3.36. The van der Waals surface area contributed by atoms with E-state index in [1.807, 2.05) is 70.1 Å². The lowest BCUT2D eigenvalue weighted by atomic mass is 9.94. The molecule has 0 saturated carbocycles. The van der Waals surface area contributed by atoms with Crippen LogP contribution in [0.4, 0.5) is 0 Å². The monoisotopic (exact) mass is 381 g/mol. The van der Waals surface area contributed by atoms with Gasteiger partial charge in [0, 0.05) is 30.0 Å². The number of hydrogen-bond donors (Lipinski definition) is 2. The lowest BCUT2D eigenvalue weighted by Crippen LogP contribution is -2.35. The van der Waals surface area contributed by atoms with Crippen LogP contribution in [0.15, 0.2) is 35.9 Å². The van der Waals surface area contributed by atoms with Crippen LogP contribution in [0, 0.1) is 20.8 Å². The number of likely N-dealkylation sites (N-methyl/N-ethyl adjacent to an activating group) is 1. The lowest BCUT2D eigenvalue weighted by molar-refractivity contribution is -0.140. The largest absolute Gasteiger partial charge is 0.507 e. The van der Waals surface area contributed by atoms with Gasteiger partial charge in [-0.25, -0.2) is 0 Å². The van der Waals surface area contributed by atoms with Crippen molar-refractivity contribution in [1.82, 2.24) is 14.8 Å². The Morgan fingerprint density at radius 2 is 1.75 bits per heavy atom. The first-order valence-corrected chi connectivity index (χ1v) is 9.38. The highest BCUT2D eigenvalue weighted by molar-refractivity contribution is 6.46. The lowest BCUT2D eigenvalue weighted by Gasteiger charge is -2.26. The van der Waals surface area contributed by atoms with E-state index in [9.17, 15) is 14.7 Å². The van der Waals surface area contributed by atoms with Crippen molar-refractivity contribution in [2.75, 3.05) is 27.2 Å². The van der Waals surface area contributed by atoms with Crippen molar-refractivity contribution in [1.29, 1.82) is 0 Å². The predicted octanol–water partition coefficient (Wildman–Crippen LogP) is 2.92. The molecule has 1 aromatic carbocycles. The SMILES string of the molecule is Cc1[nH]c(C)c(/C(O)=C2\C(=O)C(=O)N(CCN(C)C)C2c2ccccc2)c1C. The number of carbonyl (C=O) groups excluding carboxylic acids is 2. The molecule has 1 aliphatic rings. The van der Waals surface area contributed by atoms with Crippen molar-refractivity contribution in [2.24, 2.45) is 0 Å². The highest BCUT2D eigenvalue weighted by Crippen LogP contribution is 2.40. The average molecular weight is 381 g/mol. The topological polar surface area (TPSA) is 76.6 Å². The second-order valence-corrected chi connectivity index (χ2v) is 7.58. The van der Waals surface area contributed by atoms with E-state index in [4.69, 9.17) is 0 Å². The van der Waals surface area contributed by atoms with Gasteiger partial charge in [-0.1, -0.05) is 30.3 Å². The number of likely N-dealkylation sites (tertiary alicyclic amines) is 1. The third-order valence-electron chi connectivity index (χ3n) is 5.37. The molecule has 2 aromatic rings. The average Bonchev–Trinajstić information content (AvgIpc) is 3.06. The van der Waals surface area contributed by atoms with Gasteiger partial charge in [0.1, 0.15) is 5.76 Å². The molecule has 1 aromatic heterocycles. The summed E-state index contributed by atoms with van der Waals surface area (Å²) in [5, 5.41) is 11.2. The highest BCUT2D eigenvalue weighted by Gasteiger charge is 2.46. The summed E-state index contributed by atoms with van der Waals surface area (Å²) >= 11 is 0. The Kier molecular flexibility index (Phi) is 5.42. The van der Waals surface area contributed by atoms with Crippen LogP contribution < -0.4 is 0 Å². The molecule has 1 amide bonds. The molecular formula is C22H27N3O3. The maximum Gasteiger partial charge on any atom is 0.295 e. The van der Waals surface area contributed by atoms with Crippen LogP contribution in [0.1, 0.15) is 34.1 Å². The molecule has 0 bridgehead atoms. The summed E-state index contributed by atoms with van der Waals surface area (Å²) in [6.07, 6.45) is 0. The quantitative estimate of drug-likeness (QED) is 0.474. The molecule has 1 atom stereocenters. The highest BCUT2D eigenvalue weighted by atomic mass is 16.3. The molecule has 2 N–H and O–H groups in total. The van der Waals surface area contributed by atoms with Gasteiger partial charge >= 0.3 is 0 Å². The minimum Gasteiger partial charge on any atom is -0.507 e. The number of carbonyl (C=O) groups is 2. The second-order valence-electron chi connectivity index (χ2n) is 7.58. The number of hydrogen-bond acceptors (Lipinski definition) is 4. The Bertz CT molecular complexity index is 941. The Morgan fingerprint density at radius 3 is 2.29 bits per heavy atom. The molecule has 148 valence electrons. The summed E-state index contributed by atoms with van der Waals surface area (Å²) in [5.74, 6) is -1.32. The smallest absolute Gasteiger partial charge is 0.295 e. The molecule has 0 spiro atoms. The summed E-state index contributed by atoms with van der Waals surface area (Å²) in [4.78, 5) is 32.5. The van der Waals surface area contributed by atoms with Gasteiger partial charge in [0.25, 0.3) is 11.7 Å². The van der Waals surface area contributed by atoms with E-state index in [-0.39, 0.29) is 11.3 Å². The van der Waals surface area contributed by atoms with Crippen LogP contribution in [0.25, 0.3) is 5.76 Å². The van der Waals surface area contributed by atoms with Gasteiger partial charge < -0.3 is 19.9 Å². The van der Waals surface area contributed by atoms with E-state index in [1.165, 1.54) is 0 Å². The molecule has 6 nitrogen and oxygen atoms in total. The molecule has 1 saturated heterocycles. The summed E-state index contributed by atoms with van der Waals surface area (Å²) < 4.78 is 0. The third-order valence-corrected chi connectivity index (χ3v) is 5.37. The molecule has 6 heteroatoms. The Morgan fingerprint density at radius 1 is 1.11 bits per heavy atom. The number of nitrogens with zero attached hydrogens (tertiary/aromatic N) is 2. The second kappa shape index (κ2) is 7.64. The first-order valence-electron chi connectivity index (χ1n) is 9.38. The van der Waals surface area contributed by atoms with Crippen LogP contribution in [0.5, 0.6) is 0 Å². The maximum atomic E-state index is 13.0. The fourth-order valence-corrected chi connectivity index (χ4v) is 3.80. The summed E-state index contributed by atoms with van der Waals surface area (Å²) in [6.45, 7) is 6.70. The maximum absolute atomic E-state index is 13.0. The minimum atomic E-state index is -0.636. The predicted molar refractivity (Wildman–Crippen MR) is 109 cm³/mol. The van der Waals surface area contributed by atoms with E-state index in [0.29, 0.717) is 18.7 Å². The number of aliphatic hydroxyl groups is 1. The number of ketones is 1. The summed E-state index contributed by atoms with van der Waals surface area (Å²) in [7, 11) is 3.84. The van der Waals surface area contributed by atoms with Crippen molar-refractivity contribution in [3.63, 3.8) is 0 Å². The van der Waals surface area contributed by atoms with Crippen molar-refractivity contribution >= 4 is 17.4 Å². The van der Waals surface area contributed by atoms with Crippen LogP contribution >= 0.6 is 0 Å². The first kappa shape index (κ1) is 19.9. The minimum absolute atomic E-state index is 0.112. The molecule has 3 rings (SSSR count). The number of benzene rings is 1. The van der Waals surface area contributed by atoms with E-state index in [1.54, 1.807) is 4.90 Å². The van der Waals surface area contributed by atoms with Crippen LogP contribution in [0.3, 0.4) is 0 Å². The molecule has 28 heavy (non-hydrogen) atoms. The molecule has 1 fully saturated rings. The van der Waals surface area contributed by atoms with Crippen LogP contribution in [0.2, 0.25) is 0 Å². The van der Waals surface area contributed by atoms with Crippen LogP contribution in [-0.4, -0.2) is 58.8 Å². The zero-order chi connectivity index (χ0) is 20.6. The van der Waals surface area contributed by atoms with E-state index in [0.717, 1.165) is 22.5 Å². The number of Topliss-reactive ketones (excluding diaryl/α,β-unsaturated/α-hetero) is 1. The molecular weight excluding hydrogens is 354 g/mol. The first-order chi connectivity index (χ1) is 13.2. The number of aromatic nitrogens is 1. The van der Waals surface area contributed by atoms with Crippen molar-refractivity contribution < 1.29 is 14.7 Å². The zero-order valence-electron chi connectivity index (χ0n) is 17.0. The number of nitrogens with one attached hydrogen (secondary N) is 1. The fraction of sp³-hybridized carbons (Fsp3) is 0.364. The number of aliphatic hydroxyl groups excluding tert-OH is 1. The van der Waals surface area contributed by atoms with Gasteiger partial charge in [-0.3, -0.25) is 9.59 Å². The van der Waals surface area contributed by atoms with Gasteiger partial charge in [0.2, 0.25) is 0 Å². The van der Waals surface area contributed by atoms with Gasteiger partial charge in [0.05, 0.1) is 11.6 Å². The van der Waals surface area contributed by atoms with E-state index < -0.39 is 17.7 Å². The number of H-pyrrole nitrogens is 1. The number of aryl methyl sites for hydroxylation is 2. The number of rotatable bonds is 5. The molecule has 1 unspecified atom stereocenters. The van der Waals surface area contributed by atoms with E-state index in [2.05, 4.69) is 4.98 Å². The van der Waals surface area contributed by atoms with Gasteiger partial charge in [-0.05, 0) is 46.0 Å². The van der Waals surface area contributed by atoms with E-state index >= 15 is 0 Å². The van der Waals surface area contributed by atoms with Gasteiger partial charge in [0.15, 0.2) is 0 Å². The van der Waals surface area contributed by atoms with Crippen LogP contribution in [-0.2, 0) is 9.59 Å². The number of amides is 1. The van der Waals surface area contributed by atoms with Crippen molar-refractivity contribution in [3.05, 3.63) is 64.0 Å². The van der Waals surface area contributed by atoms with Gasteiger partial charge in [-0.2, -0.15) is 0 Å². The normalized spacial score (nSPS) is 19.1. The molecule has 1 aliphatic heterocycles. The Balaban J connectivity index is 2.19. The molecule has 0 radical (unpaired) electrons. The standard InChI is InChI=1S/C22H27N3O3/c1-13-14(2)23-15(3)17(13)20(26)18-19(16-9-7-6-8-10-16)25(12-11-24(4)5)22(28)21(18)27/h6-10,19,23,26H,11-12H2,1-5H3/b20-18+. The summed E-state index contributed by atoms with van der Waals surface area (Å²) in [6, 6.07) is 8.80. The van der Waals surface area contributed by atoms with Crippen molar-refractivity contribution in [2.45, 2.75) is 26.8 Å².